The molecule has 136 valence electrons. The van der Waals surface area contributed by atoms with Crippen LogP contribution in [0.15, 0.2) is 5.16 Å². The Morgan fingerprint density at radius 1 is 1.21 bits per heavy atom. The highest BCUT2D eigenvalue weighted by atomic mass is 79.9. The van der Waals surface area contributed by atoms with Crippen molar-refractivity contribution in [2.75, 3.05) is 6.54 Å². The van der Waals surface area contributed by atoms with Crippen molar-refractivity contribution in [3.8, 4) is 0 Å². The van der Waals surface area contributed by atoms with E-state index in [4.69, 9.17) is 14.3 Å². The van der Waals surface area contributed by atoms with Gasteiger partial charge in [0.25, 0.3) is 0 Å². The lowest BCUT2D eigenvalue weighted by atomic mass is 9.97. The second kappa shape index (κ2) is 6.20. The molecule has 2 aliphatic rings. The van der Waals surface area contributed by atoms with Crippen molar-refractivity contribution < 1.29 is 23.9 Å². The second-order valence-corrected chi connectivity index (χ2v) is 9.20. The molecule has 1 spiro atoms. The summed E-state index contributed by atoms with van der Waals surface area (Å²) in [6, 6.07) is -0.757. The van der Waals surface area contributed by atoms with E-state index < -0.39 is 34.9 Å². The Kier molecular flexibility index (Phi) is 4.92. The zero-order valence-corrected chi connectivity index (χ0v) is 16.6. The largest absolute Gasteiger partial charge is 0.458 e. The average Bonchev–Trinajstić information content (AvgIpc) is 2.90. The van der Waals surface area contributed by atoms with Gasteiger partial charge in [-0.3, -0.25) is 4.90 Å². The molecule has 0 aliphatic carbocycles. The number of carbonyl (C=O) groups excluding carboxylic acids is 2. The second-order valence-electron chi connectivity index (χ2n) is 8.28. The highest BCUT2D eigenvalue weighted by molar-refractivity contribution is 9.18. The Morgan fingerprint density at radius 3 is 2.25 bits per heavy atom. The van der Waals surface area contributed by atoms with Crippen LogP contribution in [-0.2, 0) is 19.1 Å². The molecule has 0 saturated carbocycles. The Labute approximate surface area is 150 Å². The minimum atomic E-state index is -0.757. The van der Waals surface area contributed by atoms with Gasteiger partial charge >= 0.3 is 12.1 Å². The van der Waals surface area contributed by atoms with E-state index in [0.717, 1.165) is 0 Å². The normalized spacial score (nSPS) is 27.0. The molecule has 2 rings (SSSR count). The average molecular weight is 405 g/mol. The van der Waals surface area contributed by atoms with Crippen molar-refractivity contribution >= 4 is 32.6 Å². The fourth-order valence-corrected chi connectivity index (χ4v) is 3.29. The summed E-state index contributed by atoms with van der Waals surface area (Å²) in [5, 5.41) is 3.91. The fourth-order valence-electron chi connectivity index (χ4n) is 2.71. The molecule has 0 radical (unpaired) electrons. The van der Waals surface area contributed by atoms with Crippen molar-refractivity contribution in [2.24, 2.45) is 5.16 Å². The fraction of sp³-hybridized carbons (Fsp3) is 0.812. The lowest BCUT2D eigenvalue weighted by Gasteiger charge is -2.29. The van der Waals surface area contributed by atoms with Gasteiger partial charge in [0.2, 0.25) is 0 Å². The van der Waals surface area contributed by atoms with Crippen LogP contribution in [0, 0.1) is 0 Å². The van der Waals surface area contributed by atoms with Gasteiger partial charge in [-0.2, -0.15) is 0 Å². The van der Waals surface area contributed by atoms with Crippen LogP contribution >= 0.6 is 15.9 Å². The van der Waals surface area contributed by atoms with Gasteiger partial charge in [0, 0.05) is 12.8 Å². The molecular weight excluding hydrogens is 380 g/mol. The van der Waals surface area contributed by atoms with E-state index in [1.54, 1.807) is 41.5 Å². The highest BCUT2D eigenvalue weighted by Gasteiger charge is 2.55. The van der Waals surface area contributed by atoms with E-state index in [9.17, 15) is 9.59 Å². The van der Waals surface area contributed by atoms with Crippen LogP contribution in [0.5, 0.6) is 0 Å². The zero-order chi connectivity index (χ0) is 18.3. The summed E-state index contributed by atoms with van der Waals surface area (Å²) in [4.78, 5) is 32.0. The van der Waals surface area contributed by atoms with Crippen LogP contribution in [-0.4, -0.2) is 51.0 Å². The number of nitrogens with zero attached hydrogens (tertiary/aromatic N) is 2. The lowest BCUT2D eigenvalue weighted by molar-refractivity contribution is -0.160. The maximum atomic E-state index is 12.6. The van der Waals surface area contributed by atoms with Crippen molar-refractivity contribution in [3.05, 3.63) is 0 Å². The first-order valence-corrected chi connectivity index (χ1v) is 8.73. The first-order valence-electron chi connectivity index (χ1n) is 7.93. The van der Waals surface area contributed by atoms with Crippen molar-refractivity contribution in [1.82, 2.24) is 4.90 Å². The van der Waals surface area contributed by atoms with Gasteiger partial charge in [-0.05, 0) is 57.5 Å². The number of amides is 1. The highest BCUT2D eigenvalue weighted by Crippen LogP contribution is 2.39. The van der Waals surface area contributed by atoms with Gasteiger partial charge < -0.3 is 14.3 Å². The van der Waals surface area contributed by atoms with Crippen molar-refractivity contribution in [3.63, 3.8) is 0 Å². The SMILES string of the molecule is CC(C)(C)OC(=O)[C@@H]1CC2(CC(Br)=NO2)CN1C(=O)OC(C)(C)C. The monoisotopic (exact) mass is 404 g/mol. The Hall–Kier alpha value is -1.31. The van der Waals surface area contributed by atoms with Gasteiger partial charge in [-0.1, -0.05) is 5.16 Å². The number of esters is 1. The molecule has 0 aromatic heterocycles. The molecule has 1 saturated heterocycles. The molecule has 7 nitrogen and oxygen atoms in total. The Balaban J connectivity index is 2.20. The van der Waals surface area contributed by atoms with Crippen molar-refractivity contribution in [2.45, 2.75) is 77.2 Å². The molecule has 0 aromatic rings. The van der Waals surface area contributed by atoms with E-state index in [2.05, 4.69) is 21.1 Å². The first-order chi connectivity index (χ1) is 10.8. The van der Waals surface area contributed by atoms with Gasteiger partial charge in [-0.15, -0.1) is 0 Å². The maximum absolute atomic E-state index is 12.6. The summed E-state index contributed by atoms with van der Waals surface area (Å²) in [5.74, 6) is -0.461. The van der Waals surface area contributed by atoms with Gasteiger partial charge in [0.1, 0.15) is 21.9 Å². The minimum absolute atomic E-state index is 0.227. The Bertz CT molecular complexity index is 526. The number of carbonyl (C=O) groups is 2. The number of halogens is 1. The lowest BCUT2D eigenvalue weighted by Crippen LogP contribution is -2.46. The smallest absolute Gasteiger partial charge is 0.411 e. The third kappa shape index (κ3) is 4.62. The van der Waals surface area contributed by atoms with Gasteiger partial charge in [0.05, 0.1) is 6.54 Å². The van der Waals surface area contributed by atoms with Crippen LogP contribution in [0.4, 0.5) is 4.79 Å². The molecular formula is C16H25BrN2O5. The Morgan fingerprint density at radius 2 is 1.79 bits per heavy atom. The molecule has 8 heteroatoms. The quantitative estimate of drug-likeness (QED) is 0.627. The van der Waals surface area contributed by atoms with Crippen LogP contribution < -0.4 is 0 Å². The third-order valence-corrected chi connectivity index (χ3v) is 3.94. The maximum Gasteiger partial charge on any atom is 0.411 e. The summed E-state index contributed by atoms with van der Waals surface area (Å²) in [7, 11) is 0. The number of ether oxygens (including phenoxy) is 2. The predicted molar refractivity (Wildman–Crippen MR) is 92.0 cm³/mol. The number of hydrogen-bond donors (Lipinski definition) is 0. The van der Waals surface area contributed by atoms with E-state index in [1.807, 2.05) is 0 Å². The molecule has 0 aromatic carbocycles. The predicted octanol–water partition coefficient (Wildman–Crippen LogP) is 3.21. The molecule has 2 atom stereocenters. The molecule has 1 amide bonds. The molecule has 24 heavy (non-hydrogen) atoms. The van der Waals surface area contributed by atoms with Gasteiger partial charge in [-0.25, -0.2) is 9.59 Å². The standard InChI is InChI=1S/C16H25BrN2O5/c1-14(2,3)22-12(20)10-7-16(8-11(17)18-24-16)9-19(10)13(21)23-15(4,5)6/h10H,7-9H2,1-6H3/t10-,16?/m0/s1. The molecule has 1 unspecified atom stereocenters. The zero-order valence-electron chi connectivity index (χ0n) is 15.0. The summed E-state index contributed by atoms with van der Waals surface area (Å²) in [5.41, 5.74) is -2.00. The van der Waals surface area contributed by atoms with E-state index in [1.165, 1.54) is 4.90 Å². The minimum Gasteiger partial charge on any atom is -0.458 e. The summed E-state index contributed by atoms with van der Waals surface area (Å²) < 4.78 is 11.6. The number of hydrogen-bond acceptors (Lipinski definition) is 6. The van der Waals surface area contributed by atoms with E-state index >= 15 is 0 Å². The number of rotatable bonds is 1. The van der Waals surface area contributed by atoms with Crippen LogP contribution in [0.2, 0.25) is 0 Å². The molecule has 2 heterocycles. The number of oxime groups is 1. The molecule has 1 fully saturated rings. The molecule has 2 aliphatic heterocycles. The molecule has 0 N–H and O–H groups in total. The van der Waals surface area contributed by atoms with Gasteiger partial charge in [0.15, 0.2) is 5.60 Å². The topological polar surface area (TPSA) is 77.4 Å². The van der Waals surface area contributed by atoms with E-state index in [0.29, 0.717) is 17.5 Å². The molecule has 0 bridgehead atoms. The summed E-state index contributed by atoms with van der Waals surface area (Å²) in [6.07, 6.45) is 0.271. The van der Waals surface area contributed by atoms with Crippen LogP contribution in [0.25, 0.3) is 0 Å². The van der Waals surface area contributed by atoms with Crippen LogP contribution in [0.1, 0.15) is 54.4 Å². The summed E-state index contributed by atoms with van der Waals surface area (Å²) in [6.45, 7) is 10.9. The summed E-state index contributed by atoms with van der Waals surface area (Å²) >= 11 is 3.31. The van der Waals surface area contributed by atoms with Crippen LogP contribution in [0.3, 0.4) is 0 Å². The first kappa shape index (κ1) is 19.0. The van der Waals surface area contributed by atoms with E-state index in [-0.39, 0.29) is 6.54 Å². The van der Waals surface area contributed by atoms with Crippen molar-refractivity contribution in [1.29, 1.82) is 0 Å². The number of likely N-dealkylation sites (tertiary alicyclic amines) is 1. The third-order valence-electron chi connectivity index (χ3n) is 3.51.